The van der Waals surface area contributed by atoms with Crippen LogP contribution in [0.2, 0.25) is 0 Å². The summed E-state index contributed by atoms with van der Waals surface area (Å²) in [6.07, 6.45) is 3.29. The van der Waals surface area contributed by atoms with Crippen LogP contribution in [0.4, 0.5) is 0 Å². The third-order valence-electron chi connectivity index (χ3n) is 5.98. The zero-order valence-electron chi connectivity index (χ0n) is 16.5. The molecular weight excluding hydrogens is 364 g/mol. The Kier molecular flexibility index (Phi) is 6.49. The summed E-state index contributed by atoms with van der Waals surface area (Å²) in [5, 5.41) is 3.17. The average molecular weight is 395 g/mol. The van der Waals surface area contributed by atoms with Crippen LogP contribution in [-0.2, 0) is 20.7 Å². The van der Waals surface area contributed by atoms with Crippen LogP contribution in [0.1, 0.15) is 29.8 Å². The molecule has 2 fully saturated rings. The number of likely N-dealkylation sites (tertiary alicyclic amines) is 2. The molecule has 2 atom stereocenters. The molecule has 0 unspecified atom stereocenters. The van der Waals surface area contributed by atoms with Crippen LogP contribution in [0, 0.1) is 12.3 Å². The fourth-order valence-electron chi connectivity index (χ4n) is 4.44. The van der Waals surface area contributed by atoms with Crippen molar-refractivity contribution in [1.82, 2.24) is 20.1 Å². The molecule has 2 aliphatic rings. The van der Waals surface area contributed by atoms with Crippen molar-refractivity contribution in [2.24, 2.45) is 5.41 Å². The highest BCUT2D eigenvalue weighted by Crippen LogP contribution is 2.42. The van der Waals surface area contributed by atoms with E-state index >= 15 is 0 Å². The number of thiazole rings is 1. The zero-order chi connectivity index (χ0) is 19.4. The molecule has 0 aromatic carbocycles. The van der Waals surface area contributed by atoms with E-state index in [1.54, 1.807) is 11.3 Å². The second-order valence-electron chi connectivity index (χ2n) is 7.67. The zero-order valence-corrected chi connectivity index (χ0v) is 17.3. The van der Waals surface area contributed by atoms with Gasteiger partial charge >= 0.3 is 0 Å². The van der Waals surface area contributed by atoms with Gasteiger partial charge in [0.05, 0.1) is 22.7 Å². The Morgan fingerprint density at radius 1 is 1.41 bits per heavy atom. The summed E-state index contributed by atoms with van der Waals surface area (Å²) in [7, 11) is 3.60. The Morgan fingerprint density at radius 2 is 2.22 bits per heavy atom. The van der Waals surface area contributed by atoms with Gasteiger partial charge in [0.1, 0.15) is 6.61 Å². The van der Waals surface area contributed by atoms with Crippen molar-refractivity contribution in [3.63, 3.8) is 0 Å². The molecule has 3 heterocycles. The predicted octanol–water partition coefficient (Wildman–Crippen LogP) is 1.07. The van der Waals surface area contributed by atoms with Crippen LogP contribution in [0.25, 0.3) is 0 Å². The first-order chi connectivity index (χ1) is 13.0. The maximum absolute atomic E-state index is 13.3. The molecule has 3 rings (SSSR count). The van der Waals surface area contributed by atoms with Gasteiger partial charge in [-0.3, -0.25) is 9.59 Å². The molecule has 0 radical (unpaired) electrons. The summed E-state index contributed by atoms with van der Waals surface area (Å²) < 4.78 is 5.06. The number of nitrogens with zero attached hydrogens (tertiary/aromatic N) is 3. The molecule has 0 aliphatic carbocycles. The quantitative estimate of drug-likeness (QED) is 0.781. The number of amides is 2. The van der Waals surface area contributed by atoms with Gasteiger partial charge in [-0.15, -0.1) is 11.3 Å². The summed E-state index contributed by atoms with van der Waals surface area (Å²) >= 11 is 1.63. The lowest BCUT2D eigenvalue weighted by Gasteiger charge is -2.53. The van der Waals surface area contributed by atoms with Crippen LogP contribution in [0.5, 0.6) is 0 Å². The van der Waals surface area contributed by atoms with E-state index in [2.05, 4.69) is 22.2 Å². The Morgan fingerprint density at radius 3 is 2.93 bits per heavy atom. The van der Waals surface area contributed by atoms with Crippen molar-refractivity contribution in [1.29, 1.82) is 0 Å². The van der Waals surface area contributed by atoms with E-state index in [1.807, 2.05) is 17.3 Å². The Hall–Kier alpha value is -1.51. The second kappa shape index (κ2) is 8.67. The van der Waals surface area contributed by atoms with Gasteiger partial charge in [0, 0.05) is 38.0 Å². The van der Waals surface area contributed by atoms with E-state index in [9.17, 15) is 9.59 Å². The monoisotopic (exact) mass is 394 g/mol. The maximum Gasteiger partial charge on any atom is 0.248 e. The van der Waals surface area contributed by atoms with Crippen molar-refractivity contribution in [3.8, 4) is 0 Å². The van der Waals surface area contributed by atoms with Crippen LogP contribution < -0.4 is 5.32 Å². The molecule has 2 saturated heterocycles. The number of likely N-dealkylation sites (N-methyl/N-ethyl adjacent to an activating group) is 1. The predicted molar refractivity (Wildman–Crippen MR) is 105 cm³/mol. The lowest BCUT2D eigenvalue weighted by Crippen LogP contribution is -2.66. The number of piperidine rings is 2. The summed E-state index contributed by atoms with van der Waals surface area (Å²) in [6.45, 7) is 5.00. The molecule has 1 aromatic heterocycles. The molecule has 2 aliphatic heterocycles. The molecule has 7 nitrogen and oxygen atoms in total. The van der Waals surface area contributed by atoms with Gasteiger partial charge in [-0.05, 0) is 39.8 Å². The van der Waals surface area contributed by atoms with Crippen molar-refractivity contribution in [3.05, 3.63) is 16.1 Å². The van der Waals surface area contributed by atoms with E-state index < -0.39 is 5.41 Å². The fraction of sp³-hybridized carbons (Fsp3) is 0.737. The van der Waals surface area contributed by atoms with Gasteiger partial charge in [0.2, 0.25) is 11.8 Å². The third kappa shape index (κ3) is 4.17. The number of fused-ring (bicyclic) bond motifs is 1. The highest BCUT2D eigenvalue weighted by Gasteiger charge is 2.53. The lowest BCUT2D eigenvalue weighted by molar-refractivity contribution is -0.156. The number of rotatable bonds is 6. The molecule has 1 aromatic rings. The first kappa shape index (κ1) is 20.2. The minimum Gasteiger partial charge on any atom is -0.375 e. The van der Waals surface area contributed by atoms with E-state index in [0.29, 0.717) is 13.1 Å². The van der Waals surface area contributed by atoms with Crippen LogP contribution in [-0.4, -0.2) is 79.6 Å². The molecule has 1 N–H and O–H groups in total. The van der Waals surface area contributed by atoms with Crippen molar-refractivity contribution < 1.29 is 14.3 Å². The average Bonchev–Trinajstić information content (AvgIpc) is 3.06. The van der Waals surface area contributed by atoms with Crippen LogP contribution in [0.3, 0.4) is 0 Å². The van der Waals surface area contributed by atoms with Crippen molar-refractivity contribution >= 4 is 23.2 Å². The normalized spacial score (nSPS) is 25.9. The molecule has 0 saturated carbocycles. The fourth-order valence-corrected chi connectivity index (χ4v) is 5.22. The van der Waals surface area contributed by atoms with Gasteiger partial charge in [-0.2, -0.15) is 0 Å². The van der Waals surface area contributed by atoms with Gasteiger partial charge in [-0.1, -0.05) is 0 Å². The molecule has 27 heavy (non-hydrogen) atoms. The summed E-state index contributed by atoms with van der Waals surface area (Å²) in [5.41, 5.74) is 2.40. The molecular formula is C19H30N4O3S. The summed E-state index contributed by atoms with van der Waals surface area (Å²) in [6, 6.07) is -0.0854. The Balaban J connectivity index is 1.71. The smallest absolute Gasteiger partial charge is 0.248 e. The number of nitrogens with one attached hydrogen (secondary N) is 1. The molecule has 0 bridgehead atoms. The van der Waals surface area contributed by atoms with E-state index in [0.717, 1.165) is 44.5 Å². The Bertz CT molecular complexity index is 680. The van der Waals surface area contributed by atoms with E-state index in [4.69, 9.17) is 4.74 Å². The molecule has 150 valence electrons. The molecule has 8 heteroatoms. The highest BCUT2D eigenvalue weighted by molar-refractivity contribution is 7.09. The van der Waals surface area contributed by atoms with E-state index in [1.165, 1.54) is 12.0 Å². The topological polar surface area (TPSA) is 74.8 Å². The lowest BCUT2D eigenvalue weighted by atomic mass is 9.67. The number of methoxy groups -OCH3 is 1. The third-order valence-corrected chi connectivity index (χ3v) is 6.98. The van der Waals surface area contributed by atoms with Gasteiger partial charge in [-0.25, -0.2) is 4.98 Å². The SMILES string of the molecule is COCC(=O)N1CCC[C@@]2(C(=O)NCCc3scnc3C)CCN(C)C[C@H]12. The summed E-state index contributed by atoms with van der Waals surface area (Å²) in [4.78, 5) is 35.5. The van der Waals surface area contributed by atoms with E-state index in [-0.39, 0.29) is 24.5 Å². The minimum absolute atomic E-state index is 0.0186. The second-order valence-corrected chi connectivity index (χ2v) is 8.61. The van der Waals surface area contributed by atoms with Gasteiger partial charge in [0.15, 0.2) is 0 Å². The van der Waals surface area contributed by atoms with Gasteiger partial charge < -0.3 is 19.9 Å². The number of ether oxygens (including phenoxy) is 1. The first-order valence-corrected chi connectivity index (χ1v) is 10.5. The van der Waals surface area contributed by atoms with Gasteiger partial charge in [0.25, 0.3) is 0 Å². The van der Waals surface area contributed by atoms with Crippen LogP contribution in [0.15, 0.2) is 5.51 Å². The molecule has 2 amide bonds. The standard InChI is InChI=1S/C19H30N4O3S/c1-14-15(27-13-21-14)5-8-20-18(25)19-6-4-9-23(17(24)12-26-3)16(19)11-22(2)10-7-19/h13,16H,4-12H2,1-3H3,(H,20,25)/t16-,19+/m0/s1. The number of aromatic nitrogens is 1. The minimum atomic E-state index is -0.489. The number of carbonyl (C=O) groups is 2. The number of carbonyl (C=O) groups excluding carboxylic acids is 2. The first-order valence-electron chi connectivity index (χ1n) is 9.62. The number of aryl methyl sites for hydroxylation is 1. The highest BCUT2D eigenvalue weighted by atomic mass is 32.1. The maximum atomic E-state index is 13.3. The Labute approximate surface area is 165 Å². The number of hydrogen-bond donors (Lipinski definition) is 1. The summed E-state index contributed by atoms with van der Waals surface area (Å²) in [5.74, 6) is 0.0765. The van der Waals surface area contributed by atoms with Crippen LogP contribution >= 0.6 is 11.3 Å². The largest absolute Gasteiger partial charge is 0.375 e. The van der Waals surface area contributed by atoms with Crippen molar-refractivity contribution in [2.45, 2.75) is 38.6 Å². The number of hydrogen-bond acceptors (Lipinski definition) is 6. The van der Waals surface area contributed by atoms with Crippen molar-refractivity contribution in [2.75, 3.05) is 46.9 Å². The molecule has 0 spiro atoms.